The second-order valence-corrected chi connectivity index (χ2v) is 4.91. The van der Waals surface area contributed by atoms with Crippen LogP contribution in [-0.4, -0.2) is 12.0 Å². The van der Waals surface area contributed by atoms with Gasteiger partial charge in [0.25, 0.3) is 0 Å². The summed E-state index contributed by atoms with van der Waals surface area (Å²) in [5.41, 5.74) is 0. The third kappa shape index (κ3) is 13.9. The van der Waals surface area contributed by atoms with E-state index in [0.29, 0.717) is 0 Å². The molecule has 0 aliphatic carbocycles. The molecule has 0 radical (unpaired) electrons. The van der Waals surface area contributed by atoms with E-state index in [0.717, 1.165) is 12.8 Å². The number of hydrogen-bond donors (Lipinski definition) is 0. The summed E-state index contributed by atoms with van der Waals surface area (Å²) < 4.78 is 0. The van der Waals surface area contributed by atoms with Crippen LogP contribution < -0.4 is 0 Å². The van der Waals surface area contributed by atoms with E-state index in [9.17, 15) is 0 Å². The summed E-state index contributed by atoms with van der Waals surface area (Å²) in [5.74, 6) is 7.66. The average Bonchev–Trinajstić information content (AvgIpc) is 2.26. The van der Waals surface area contributed by atoms with Crippen molar-refractivity contribution in [2.75, 3.05) is 12.0 Å². The normalized spacial score (nSPS) is 9.73. The van der Waals surface area contributed by atoms with Gasteiger partial charge in [-0.05, 0) is 24.9 Å². The molecule has 0 aliphatic heterocycles. The molecular formula is C14H26S. The minimum absolute atomic E-state index is 1.01. The van der Waals surface area contributed by atoms with E-state index in [4.69, 9.17) is 0 Å². The summed E-state index contributed by atoms with van der Waals surface area (Å²) >= 11 is 1.97. The molecule has 1 heteroatoms. The first-order chi connectivity index (χ1) is 7.41. The second kappa shape index (κ2) is 13.9. The zero-order valence-electron chi connectivity index (χ0n) is 10.5. The minimum Gasteiger partial charge on any atom is -0.165 e. The summed E-state index contributed by atoms with van der Waals surface area (Å²) in [6.45, 7) is 2.11. The van der Waals surface area contributed by atoms with Crippen molar-refractivity contribution >= 4 is 11.8 Å². The molecule has 88 valence electrons. The van der Waals surface area contributed by atoms with Crippen LogP contribution in [0.1, 0.15) is 64.7 Å². The van der Waals surface area contributed by atoms with Gasteiger partial charge in [0, 0.05) is 12.8 Å². The fourth-order valence-corrected chi connectivity index (χ4v) is 2.05. The standard InChI is InChI=1S/C14H26S/c1-3-4-5-6-7-8-9-10-11-12-13-14-15-2/h3,6-14H2,1-2H3. The number of thioether (sulfide) groups is 1. The van der Waals surface area contributed by atoms with Gasteiger partial charge in [-0.15, -0.1) is 11.8 Å². The van der Waals surface area contributed by atoms with Crippen molar-refractivity contribution in [3.8, 4) is 11.8 Å². The summed E-state index contributed by atoms with van der Waals surface area (Å²) in [4.78, 5) is 0. The fourth-order valence-electron chi connectivity index (χ4n) is 1.56. The van der Waals surface area contributed by atoms with E-state index in [1.54, 1.807) is 0 Å². The van der Waals surface area contributed by atoms with Gasteiger partial charge in [0.2, 0.25) is 0 Å². The smallest absolute Gasteiger partial charge is 0.00886 e. The van der Waals surface area contributed by atoms with Crippen molar-refractivity contribution in [3.05, 3.63) is 0 Å². The highest BCUT2D eigenvalue weighted by molar-refractivity contribution is 7.98. The molecule has 0 aromatic rings. The second-order valence-electron chi connectivity index (χ2n) is 3.92. The topological polar surface area (TPSA) is 0 Å². The van der Waals surface area contributed by atoms with E-state index in [1.165, 1.54) is 50.7 Å². The molecular weight excluding hydrogens is 200 g/mol. The van der Waals surface area contributed by atoms with Crippen molar-refractivity contribution in [1.82, 2.24) is 0 Å². The van der Waals surface area contributed by atoms with Crippen molar-refractivity contribution in [2.24, 2.45) is 0 Å². The molecule has 0 rings (SSSR count). The zero-order chi connectivity index (χ0) is 11.2. The average molecular weight is 226 g/mol. The molecule has 0 amide bonds. The molecule has 0 aliphatic rings. The highest BCUT2D eigenvalue weighted by Crippen LogP contribution is 2.09. The SMILES string of the molecule is CCC#CCCCCCCCCCSC. The molecule has 0 N–H and O–H groups in total. The van der Waals surface area contributed by atoms with Crippen LogP contribution in [-0.2, 0) is 0 Å². The molecule has 15 heavy (non-hydrogen) atoms. The third-order valence-corrected chi connectivity index (χ3v) is 3.15. The van der Waals surface area contributed by atoms with E-state index in [1.807, 2.05) is 11.8 Å². The molecule has 0 spiro atoms. The van der Waals surface area contributed by atoms with E-state index < -0.39 is 0 Å². The van der Waals surface area contributed by atoms with Gasteiger partial charge in [-0.1, -0.05) is 39.0 Å². The predicted molar refractivity (Wildman–Crippen MR) is 73.4 cm³/mol. The van der Waals surface area contributed by atoms with Gasteiger partial charge in [0.15, 0.2) is 0 Å². The van der Waals surface area contributed by atoms with E-state index in [2.05, 4.69) is 25.0 Å². The Kier molecular flexibility index (Phi) is 13.8. The summed E-state index contributed by atoms with van der Waals surface area (Å²) in [6, 6.07) is 0. The first-order valence-electron chi connectivity index (χ1n) is 6.36. The van der Waals surface area contributed by atoms with Crippen molar-refractivity contribution in [2.45, 2.75) is 64.7 Å². The molecule has 0 aromatic carbocycles. The van der Waals surface area contributed by atoms with Crippen LogP contribution in [0.25, 0.3) is 0 Å². The van der Waals surface area contributed by atoms with Gasteiger partial charge in [0.05, 0.1) is 0 Å². The Bertz CT molecular complexity index is 164. The lowest BCUT2D eigenvalue weighted by atomic mass is 10.1. The Balaban J connectivity index is 2.92. The summed E-state index contributed by atoms with van der Waals surface area (Å²) in [6.07, 6.45) is 14.1. The monoisotopic (exact) mass is 226 g/mol. The lowest BCUT2D eigenvalue weighted by Crippen LogP contribution is -1.82. The number of rotatable bonds is 9. The molecule has 0 unspecified atom stereocenters. The summed E-state index contributed by atoms with van der Waals surface area (Å²) in [7, 11) is 0. The van der Waals surface area contributed by atoms with Crippen LogP contribution in [0.2, 0.25) is 0 Å². The zero-order valence-corrected chi connectivity index (χ0v) is 11.3. The molecule has 0 aromatic heterocycles. The molecule has 0 nitrogen and oxygen atoms in total. The van der Waals surface area contributed by atoms with Crippen LogP contribution in [0.4, 0.5) is 0 Å². The van der Waals surface area contributed by atoms with Gasteiger partial charge < -0.3 is 0 Å². The van der Waals surface area contributed by atoms with Crippen molar-refractivity contribution in [3.63, 3.8) is 0 Å². The van der Waals surface area contributed by atoms with Gasteiger partial charge in [0.1, 0.15) is 0 Å². The first-order valence-corrected chi connectivity index (χ1v) is 7.75. The van der Waals surface area contributed by atoms with Gasteiger partial charge in [-0.2, -0.15) is 11.8 Å². The molecule has 0 atom stereocenters. The largest absolute Gasteiger partial charge is 0.165 e. The number of hydrogen-bond acceptors (Lipinski definition) is 1. The predicted octanol–water partition coefficient (Wildman–Crippen LogP) is 4.88. The molecule has 0 saturated heterocycles. The Morgan fingerprint density at radius 2 is 1.40 bits per heavy atom. The minimum atomic E-state index is 1.01. The van der Waals surface area contributed by atoms with Crippen LogP contribution in [0.3, 0.4) is 0 Å². The maximum Gasteiger partial charge on any atom is 0.00886 e. The van der Waals surface area contributed by atoms with Crippen molar-refractivity contribution < 1.29 is 0 Å². The van der Waals surface area contributed by atoms with Crippen LogP contribution in [0.5, 0.6) is 0 Å². The highest BCUT2D eigenvalue weighted by atomic mass is 32.2. The van der Waals surface area contributed by atoms with E-state index >= 15 is 0 Å². The third-order valence-electron chi connectivity index (χ3n) is 2.45. The molecule has 0 saturated carbocycles. The molecule has 0 bridgehead atoms. The van der Waals surface area contributed by atoms with Gasteiger partial charge in [-0.3, -0.25) is 0 Å². The quantitative estimate of drug-likeness (QED) is 0.399. The maximum absolute atomic E-state index is 3.20. The lowest BCUT2D eigenvalue weighted by molar-refractivity contribution is 0.595. The molecule has 0 heterocycles. The van der Waals surface area contributed by atoms with Crippen molar-refractivity contribution in [1.29, 1.82) is 0 Å². The van der Waals surface area contributed by atoms with Crippen LogP contribution in [0, 0.1) is 11.8 Å². The van der Waals surface area contributed by atoms with Gasteiger partial charge >= 0.3 is 0 Å². The van der Waals surface area contributed by atoms with Crippen LogP contribution in [0.15, 0.2) is 0 Å². The maximum atomic E-state index is 3.20. The highest BCUT2D eigenvalue weighted by Gasteiger charge is 1.90. The Hall–Kier alpha value is -0.0900. The lowest BCUT2D eigenvalue weighted by Gasteiger charge is -1.99. The van der Waals surface area contributed by atoms with Crippen LogP contribution >= 0.6 is 11.8 Å². The summed E-state index contributed by atoms with van der Waals surface area (Å²) in [5, 5.41) is 0. The molecule has 0 fully saturated rings. The Morgan fingerprint density at radius 1 is 0.800 bits per heavy atom. The first kappa shape index (κ1) is 14.9. The Labute approximate surface area is 101 Å². The Morgan fingerprint density at radius 3 is 2.00 bits per heavy atom. The fraction of sp³-hybridized carbons (Fsp3) is 0.857. The van der Waals surface area contributed by atoms with Gasteiger partial charge in [-0.25, -0.2) is 0 Å². The van der Waals surface area contributed by atoms with E-state index in [-0.39, 0.29) is 0 Å². The number of unbranched alkanes of at least 4 members (excludes halogenated alkanes) is 7.